The molecule has 186 valence electrons. The van der Waals surface area contributed by atoms with Crippen LogP contribution in [0, 0.1) is 0 Å². The van der Waals surface area contributed by atoms with E-state index in [1.54, 1.807) is 0 Å². The lowest BCUT2D eigenvalue weighted by Crippen LogP contribution is -2.55. The van der Waals surface area contributed by atoms with Crippen molar-refractivity contribution in [1.29, 1.82) is 0 Å². The van der Waals surface area contributed by atoms with Gasteiger partial charge in [0.1, 0.15) is 18.7 Å². The molecule has 7 heteroatoms. The summed E-state index contributed by atoms with van der Waals surface area (Å²) in [5.41, 5.74) is 2.76. The summed E-state index contributed by atoms with van der Waals surface area (Å²) in [6.45, 7) is 4.02. The van der Waals surface area contributed by atoms with Gasteiger partial charge in [-0.05, 0) is 36.0 Å². The number of aliphatic carboxylic acids is 1. The molecule has 1 aliphatic heterocycles. The van der Waals surface area contributed by atoms with Crippen molar-refractivity contribution in [3.8, 4) is 0 Å². The van der Waals surface area contributed by atoms with Crippen LogP contribution in [-0.4, -0.2) is 40.1 Å². The summed E-state index contributed by atoms with van der Waals surface area (Å²) in [5.74, 6) is -1.55. The summed E-state index contributed by atoms with van der Waals surface area (Å²) < 4.78 is 5.51. The zero-order chi connectivity index (χ0) is 25.0. The first-order valence-electron chi connectivity index (χ1n) is 12.2. The first-order valence-corrected chi connectivity index (χ1v) is 12.2. The Morgan fingerprint density at radius 3 is 2.43 bits per heavy atom. The SMILES string of the molecule is C=CCCCCCC[C@@H](NC(=O)[C@@H]1Cc2ccccc2CN1C(=O)OCc1ccccc1)C(=O)O. The topological polar surface area (TPSA) is 95.9 Å². The molecule has 0 unspecified atom stereocenters. The van der Waals surface area contributed by atoms with Crippen molar-refractivity contribution in [3.63, 3.8) is 0 Å². The average molecular weight is 479 g/mol. The molecule has 35 heavy (non-hydrogen) atoms. The van der Waals surface area contributed by atoms with Gasteiger partial charge in [0.2, 0.25) is 5.91 Å². The number of ether oxygens (including phenoxy) is 1. The number of amides is 2. The van der Waals surface area contributed by atoms with Gasteiger partial charge in [0.25, 0.3) is 0 Å². The van der Waals surface area contributed by atoms with Crippen molar-refractivity contribution in [3.05, 3.63) is 83.9 Å². The van der Waals surface area contributed by atoms with Crippen molar-refractivity contribution in [2.45, 2.75) is 70.2 Å². The Bertz CT molecular complexity index is 1010. The van der Waals surface area contributed by atoms with Crippen LogP contribution in [0.5, 0.6) is 0 Å². The minimum absolute atomic E-state index is 0.0930. The molecular weight excluding hydrogens is 444 g/mol. The Morgan fingerprint density at radius 1 is 1.03 bits per heavy atom. The maximum atomic E-state index is 13.3. The molecule has 0 fully saturated rings. The summed E-state index contributed by atoms with van der Waals surface area (Å²) in [6.07, 6.45) is 6.47. The number of nitrogens with zero attached hydrogens (tertiary/aromatic N) is 1. The number of rotatable bonds is 12. The highest BCUT2D eigenvalue weighted by Gasteiger charge is 2.37. The summed E-state index contributed by atoms with van der Waals surface area (Å²) in [4.78, 5) is 39.5. The second-order valence-corrected chi connectivity index (χ2v) is 8.84. The van der Waals surface area contributed by atoms with E-state index in [2.05, 4.69) is 11.9 Å². The molecule has 0 radical (unpaired) electrons. The van der Waals surface area contributed by atoms with E-state index in [-0.39, 0.29) is 13.2 Å². The Labute approximate surface area is 206 Å². The lowest BCUT2D eigenvalue weighted by atomic mass is 9.93. The van der Waals surface area contributed by atoms with Crippen LogP contribution in [0.25, 0.3) is 0 Å². The molecule has 0 aliphatic carbocycles. The second-order valence-electron chi connectivity index (χ2n) is 8.84. The van der Waals surface area contributed by atoms with E-state index in [9.17, 15) is 19.5 Å². The first kappa shape index (κ1) is 26.0. The van der Waals surface area contributed by atoms with E-state index in [4.69, 9.17) is 4.74 Å². The van der Waals surface area contributed by atoms with Crippen LogP contribution in [0.2, 0.25) is 0 Å². The van der Waals surface area contributed by atoms with Gasteiger partial charge >= 0.3 is 12.1 Å². The Hall–Kier alpha value is -3.61. The Balaban J connectivity index is 1.66. The molecular formula is C28H34N2O5. The molecule has 0 spiro atoms. The number of carboxylic acid groups (broad SMARTS) is 1. The van der Waals surface area contributed by atoms with E-state index in [0.717, 1.165) is 42.4 Å². The summed E-state index contributed by atoms with van der Waals surface area (Å²) in [7, 11) is 0. The van der Waals surface area contributed by atoms with Crippen molar-refractivity contribution in [1.82, 2.24) is 10.2 Å². The fraction of sp³-hybridized carbons (Fsp3) is 0.393. The largest absolute Gasteiger partial charge is 0.480 e. The third kappa shape index (κ3) is 7.70. The third-order valence-electron chi connectivity index (χ3n) is 6.26. The van der Waals surface area contributed by atoms with E-state index in [1.165, 1.54) is 4.90 Å². The minimum atomic E-state index is -1.07. The van der Waals surface area contributed by atoms with E-state index in [0.29, 0.717) is 19.3 Å². The van der Waals surface area contributed by atoms with E-state index in [1.807, 2.05) is 60.7 Å². The number of unbranched alkanes of at least 4 members (excludes halogenated alkanes) is 4. The molecule has 1 heterocycles. The van der Waals surface area contributed by atoms with Crippen LogP contribution in [0.15, 0.2) is 67.3 Å². The standard InChI is InChI=1S/C28H34N2O5/c1-2-3-4-5-6-10-17-24(27(32)33)29-26(31)25-18-22-15-11-12-16-23(22)19-30(25)28(34)35-20-21-13-8-7-9-14-21/h2,7-9,11-16,24-25H,1,3-6,10,17-20H2,(H,29,31)(H,32,33)/t24-,25+/m1/s1. The number of hydrogen-bond acceptors (Lipinski definition) is 4. The lowest BCUT2D eigenvalue weighted by molar-refractivity contribution is -0.143. The highest BCUT2D eigenvalue weighted by Crippen LogP contribution is 2.25. The normalized spacial score (nSPS) is 15.5. The molecule has 0 bridgehead atoms. The van der Waals surface area contributed by atoms with Gasteiger partial charge in [0.15, 0.2) is 0 Å². The van der Waals surface area contributed by atoms with Crippen molar-refractivity contribution in [2.75, 3.05) is 0 Å². The zero-order valence-electron chi connectivity index (χ0n) is 20.0. The van der Waals surface area contributed by atoms with Gasteiger partial charge in [-0.1, -0.05) is 79.9 Å². The number of allylic oxidation sites excluding steroid dienone is 1. The predicted octanol–water partition coefficient (Wildman–Crippen LogP) is 4.85. The zero-order valence-corrected chi connectivity index (χ0v) is 20.0. The van der Waals surface area contributed by atoms with Gasteiger partial charge in [0.05, 0.1) is 6.54 Å². The fourth-order valence-corrected chi connectivity index (χ4v) is 4.27. The molecule has 7 nitrogen and oxygen atoms in total. The number of carbonyl (C=O) groups excluding carboxylic acids is 2. The molecule has 2 aromatic carbocycles. The van der Waals surface area contributed by atoms with Gasteiger partial charge in [0, 0.05) is 6.42 Å². The van der Waals surface area contributed by atoms with Crippen molar-refractivity contribution in [2.24, 2.45) is 0 Å². The van der Waals surface area contributed by atoms with Crippen LogP contribution >= 0.6 is 0 Å². The van der Waals surface area contributed by atoms with Gasteiger partial charge < -0.3 is 15.2 Å². The molecule has 2 atom stereocenters. The Kier molecular flexibility index (Phi) is 9.90. The summed E-state index contributed by atoms with van der Waals surface area (Å²) in [6, 6.07) is 15.1. The van der Waals surface area contributed by atoms with E-state index < -0.39 is 30.1 Å². The highest BCUT2D eigenvalue weighted by atomic mass is 16.6. The molecule has 0 saturated carbocycles. The van der Waals surface area contributed by atoms with Crippen LogP contribution in [-0.2, 0) is 33.9 Å². The van der Waals surface area contributed by atoms with Crippen LogP contribution in [0.4, 0.5) is 4.79 Å². The molecule has 0 saturated heterocycles. The van der Waals surface area contributed by atoms with Crippen molar-refractivity contribution < 1.29 is 24.2 Å². The highest BCUT2D eigenvalue weighted by molar-refractivity contribution is 5.89. The van der Waals surface area contributed by atoms with E-state index >= 15 is 0 Å². The maximum Gasteiger partial charge on any atom is 0.411 e. The summed E-state index contributed by atoms with van der Waals surface area (Å²) >= 11 is 0. The molecule has 0 aromatic heterocycles. The monoisotopic (exact) mass is 478 g/mol. The van der Waals surface area contributed by atoms with Crippen molar-refractivity contribution >= 4 is 18.0 Å². The number of fused-ring (bicyclic) bond motifs is 1. The second kappa shape index (κ2) is 13.3. The van der Waals surface area contributed by atoms with Gasteiger partial charge in [-0.3, -0.25) is 9.69 Å². The van der Waals surface area contributed by atoms with Gasteiger partial charge in [-0.25, -0.2) is 9.59 Å². The number of nitrogens with one attached hydrogen (secondary N) is 1. The third-order valence-corrected chi connectivity index (χ3v) is 6.26. The van der Waals surface area contributed by atoms with Gasteiger partial charge in [-0.15, -0.1) is 6.58 Å². The molecule has 3 rings (SSSR count). The number of benzene rings is 2. The lowest BCUT2D eigenvalue weighted by Gasteiger charge is -2.35. The van der Waals surface area contributed by atoms with Crippen LogP contribution in [0.3, 0.4) is 0 Å². The smallest absolute Gasteiger partial charge is 0.411 e. The molecule has 2 amide bonds. The van der Waals surface area contributed by atoms with Crippen LogP contribution in [0.1, 0.15) is 55.2 Å². The molecule has 1 aliphatic rings. The van der Waals surface area contributed by atoms with Crippen LogP contribution < -0.4 is 5.32 Å². The number of carbonyl (C=O) groups is 3. The molecule has 2 N–H and O–H groups in total. The number of hydrogen-bond donors (Lipinski definition) is 2. The average Bonchev–Trinajstić information content (AvgIpc) is 2.88. The predicted molar refractivity (Wildman–Crippen MR) is 134 cm³/mol. The number of carboxylic acids is 1. The summed E-state index contributed by atoms with van der Waals surface area (Å²) in [5, 5.41) is 12.3. The quantitative estimate of drug-likeness (QED) is 0.336. The van der Waals surface area contributed by atoms with Gasteiger partial charge in [-0.2, -0.15) is 0 Å². The fourth-order valence-electron chi connectivity index (χ4n) is 4.27. The molecule has 2 aromatic rings. The first-order chi connectivity index (χ1) is 17.0. The minimum Gasteiger partial charge on any atom is -0.480 e. The Morgan fingerprint density at radius 2 is 1.71 bits per heavy atom. The maximum absolute atomic E-state index is 13.3.